The van der Waals surface area contributed by atoms with Gasteiger partial charge in [-0.15, -0.1) is 0 Å². The third-order valence-corrected chi connectivity index (χ3v) is 3.91. The number of nitro groups is 1. The third-order valence-electron chi connectivity index (χ3n) is 3.91. The van der Waals surface area contributed by atoms with Crippen molar-refractivity contribution in [2.75, 3.05) is 12.5 Å². The van der Waals surface area contributed by atoms with Crippen molar-refractivity contribution in [2.24, 2.45) is 0 Å². The maximum atomic E-state index is 14.1. The molecule has 21 heavy (non-hydrogen) atoms. The van der Waals surface area contributed by atoms with Crippen LogP contribution < -0.4 is 10.2 Å². The maximum Gasteiger partial charge on any atom is 0.313 e. The highest BCUT2D eigenvalue weighted by atomic mass is 19.1. The van der Waals surface area contributed by atoms with Crippen LogP contribution in [0.3, 0.4) is 0 Å². The van der Waals surface area contributed by atoms with Crippen molar-refractivity contribution < 1.29 is 14.1 Å². The minimum atomic E-state index is -0.660. The summed E-state index contributed by atoms with van der Waals surface area (Å²) in [5, 5.41) is 12.9. The van der Waals surface area contributed by atoms with E-state index in [9.17, 15) is 14.5 Å². The molecule has 1 aromatic carbocycles. The predicted molar refractivity (Wildman–Crippen MR) is 77.8 cm³/mol. The number of halogens is 1. The minimum absolute atomic E-state index is 0.0428. The summed E-state index contributed by atoms with van der Waals surface area (Å²) in [6.45, 7) is 4.15. The van der Waals surface area contributed by atoms with Gasteiger partial charge >= 0.3 is 5.69 Å². The highest BCUT2D eigenvalue weighted by molar-refractivity contribution is 5.58. The molecule has 1 aromatic rings. The van der Waals surface area contributed by atoms with E-state index in [1.807, 2.05) is 5.01 Å². The van der Waals surface area contributed by atoms with Gasteiger partial charge in [0.25, 0.3) is 0 Å². The number of hydrogen-bond acceptors (Lipinski definition) is 5. The van der Waals surface area contributed by atoms with Crippen molar-refractivity contribution in [1.82, 2.24) is 5.01 Å². The molecule has 0 saturated carbocycles. The number of nitrogens with one attached hydrogen (secondary N) is 1. The van der Waals surface area contributed by atoms with Crippen LogP contribution in [0.5, 0.6) is 5.75 Å². The van der Waals surface area contributed by atoms with E-state index in [0.717, 1.165) is 25.3 Å². The minimum Gasteiger partial charge on any atom is -0.490 e. The molecule has 1 fully saturated rings. The van der Waals surface area contributed by atoms with Gasteiger partial charge in [0.05, 0.1) is 23.8 Å². The summed E-state index contributed by atoms with van der Waals surface area (Å²) >= 11 is 0. The molecule has 0 aromatic heterocycles. The highest BCUT2D eigenvalue weighted by Gasteiger charge is 2.27. The molecule has 0 radical (unpaired) electrons. The molecule has 0 spiro atoms. The zero-order valence-corrected chi connectivity index (χ0v) is 12.4. The van der Waals surface area contributed by atoms with Gasteiger partial charge in [0.1, 0.15) is 0 Å². The number of ether oxygens (including phenoxy) is 1. The van der Waals surface area contributed by atoms with Crippen LogP contribution in [0.25, 0.3) is 0 Å². The monoisotopic (exact) mass is 297 g/mol. The number of methoxy groups -OCH3 is 1. The zero-order chi connectivity index (χ0) is 15.6. The van der Waals surface area contributed by atoms with Crippen LogP contribution in [0.1, 0.15) is 33.1 Å². The number of anilines is 1. The summed E-state index contributed by atoms with van der Waals surface area (Å²) in [5.41, 5.74) is 2.86. The molecule has 0 amide bonds. The lowest BCUT2D eigenvalue weighted by molar-refractivity contribution is -0.385. The van der Waals surface area contributed by atoms with Gasteiger partial charge in [-0.3, -0.25) is 10.1 Å². The number of rotatable bonds is 4. The molecule has 0 bridgehead atoms. The molecule has 1 aliphatic heterocycles. The van der Waals surface area contributed by atoms with Crippen LogP contribution in [0.2, 0.25) is 0 Å². The topological polar surface area (TPSA) is 67.6 Å². The second-order valence-electron chi connectivity index (χ2n) is 5.41. The number of nitrogens with zero attached hydrogens (tertiary/aromatic N) is 2. The van der Waals surface area contributed by atoms with E-state index in [2.05, 4.69) is 19.3 Å². The Kier molecular flexibility index (Phi) is 4.62. The van der Waals surface area contributed by atoms with Crippen molar-refractivity contribution in [1.29, 1.82) is 0 Å². The Balaban J connectivity index is 2.29. The summed E-state index contributed by atoms with van der Waals surface area (Å²) in [5.74, 6) is -0.617. The first kappa shape index (κ1) is 15.5. The Morgan fingerprint density at radius 2 is 2.00 bits per heavy atom. The quantitative estimate of drug-likeness (QED) is 0.682. The summed E-state index contributed by atoms with van der Waals surface area (Å²) in [6, 6.07) is 2.77. The average molecular weight is 297 g/mol. The average Bonchev–Trinajstić information content (AvgIpc) is 2.44. The van der Waals surface area contributed by atoms with Crippen molar-refractivity contribution in [3.63, 3.8) is 0 Å². The van der Waals surface area contributed by atoms with Gasteiger partial charge in [-0.05, 0) is 26.7 Å². The summed E-state index contributed by atoms with van der Waals surface area (Å²) in [6.07, 6.45) is 3.21. The Morgan fingerprint density at radius 3 is 2.52 bits per heavy atom. The Bertz CT molecular complexity index is 528. The molecule has 6 nitrogen and oxygen atoms in total. The van der Waals surface area contributed by atoms with Crippen LogP contribution in [-0.4, -0.2) is 29.1 Å². The van der Waals surface area contributed by atoms with E-state index in [-0.39, 0.29) is 29.2 Å². The van der Waals surface area contributed by atoms with Crippen molar-refractivity contribution >= 4 is 11.4 Å². The molecular formula is C14H20FN3O3. The van der Waals surface area contributed by atoms with Gasteiger partial charge in [0.2, 0.25) is 0 Å². The van der Waals surface area contributed by atoms with Crippen molar-refractivity contribution in [3.8, 4) is 5.75 Å². The molecule has 2 unspecified atom stereocenters. The fraction of sp³-hybridized carbons (Fsp3) is 0.571. The van der Waals surface area contributed by atoms with Crippen LogP contribution in [0.4, 0.5) is 15.8 Å². The van der Waals surface area contributed by atoms with Crippen molar-refractivity contribution in [2.45, 2.75) is 45.2 Å². The van der Waals surface area contributed by atoms with Crippen LogP contribution in [0, 0.1) is 15.9 Å². The largest absolute Gasteiger partial charge is 0.490 e. The smallest absolute Gasteiger partial charge is 0.313 e. The molecule has 2 rings (SSSR count). The van der Waals surface area contributed by atoms with Crippen LogP contribution in [-0.2, 0) is 0 Å². The lowest BCUT2D eigenvalue weighted by atomic mass is 10.00. The Morgan fingerprint density at radius 1 is 1.38 bits per heavy atom. The molecule has 7 heteroatoms. The first-order valence-corrected chi connectivity index (χ1v) is 7.01. The molecular weight excluding hydrogens is 277 g/mol. The Labute approximate surface area is 123 Å². The van der Waals surface area contributed by atoms with Crippen molar-refractivity contribution in [3.05, 3.63) is 28.1 Å². The number of hydrazine groups is 1. The van der Waals surface area contributed by atoms with Crippen LogP contribution in [0.15, 0.2) is 12.1 Å². The van der Waals surface area contributed by atoms with Gasteiger partial charge < -0.3 is 10.2 Å². The van der Waals surface area contributed by atoms with Gasteiger partial charge in [0, 0.05) is 18.2 Å². The maximum absolute atomic E-state index is 14.1. The van der Waals surface area contributed by atoms with E-state index >= 15 is 0 Å². The third kappa shape index (κ3) is 3.24. The zero-order valence-electron chi connectivity index (χ0n) is 12.4. The molecule has 0 aliphatic carbocycles. The molecule has 1 aliphatic rings. The second kappa shape index (κ2) is 6.26. The van der Waals surface area contributed by atoms with E-state index in [4.69, 9.17) is 4.74 Å². The highest BCUT2D eigenvalue weighted by Crippen LogP contribution is 2.33. The van der Waals surface area contributed by atoms with E-state index in [1.165, 1.54) is 13.2 Å². The molecule has 116 valence electrons. The number of nitro benzene ring substituents is 1. The van der Waals surface area contributed by atoms with E-state index in [0.29, 0.717) is 0 Å². The Hall–Kier alpha value is -1.89. The first-order valence-electron chi connectivity index (χ1n) is 7.01. The number of piperidine rings is 1. The molecule has 1 saturated heterocycles. The fourth-order valence-electron chi connectivity index (χ4n) is 2.72. The fourth-order valence-corrected chi connectivity index (χ4v) is 2.72. The summed E-state index contributed by atoms with van der Waals surface area (Å²) in [7, 11) is 1.33. The number of hydrogen-bond donors (Lipinski definition) is 1. The van der Waals surface area contributed by atoms with Gasteiger partial charge in [-0.1, -0.05) is 6.42 Å². The lowest BCUT2D eigenvalue weighted by Crippen LogP contribution is -2.47. The SMILES string of the molecule is COc1cc(NN2C(C)CCCC2C)c(F)cc1[N+](=O)[O-]. The summed E-state index contributed by atoms with van der Waals surface area (Å²) in [4.78, 5) is 10.2. The standard InChI is InChI=1S/C14H20FN3O3/c1-9-5-4-6-10(2)17(9)16-12-8-14(21-3)13(18(19)20)7-11(12)15/h7-10,16H,4-6H2,1-3H3. The molecule has 1 N–H and O–H groups in total. The van der Waals surface area contributed by atoms with E-state index in [1.54, 1.807) is 0 Å². The van der Waals surface area contributed by atoms with E-state index < -0.39 is 10.7 Å². The molecule has 2 atom stereocenters. The van der Waals surface area contributed by atoms with Gasteiger partial charge in [-0.2, -0.15) is 0 Å². The summed E-state index contributed by atoms with van der Waals surface area (Å²) < 4.78 is 19.1. The van der Waals surface area contributed by atoms with Gasteiger partial charge in [0.15, 0.2) is 11.6 Å². The normalized spacial score (nSPS) is 22.9. The number of benzene rings is 1. The van der Waals surface area contributed by atoms with Gasteiger partial charge in [-0.25, -0.2) is 9.40 Å². The first-order chi connectivity index (χ1) is 9.93. The lowest BCUT2D eigenvalue weighted by Gasteiger charge is -2.39. The molecule has 1 heterocycles. The predicted octanol–water partition coefficient (Wildman–Crippen LogP) is 3.33. The second-order valence-corrected chi connectivity index (χ2v) is 5.41. The van der Waals surface area contributed by atoms with Crippen LogP contribution >= 0.6 is 0 Å².